The number of anilines is 1. The molecule has 0 heterocycles. The lowest BCUT2D eigenvalue weighted by molar-refractivity contribution is -0.116. The van der Waals surface area contributed by atoms with Crippen molar-refractivity contribution < 1.29 is 23.1 Å². The van der Waals surface area contributed by atoms with Crippen LogP contribution in [0.15, 0.2) is 53.4 Å². The second-order valence-corrected chi connectivity index (χ2v) is 7.32. The standard InChI is InChI=1S/C17H19NO5S/c1-2-24(21,22)14-8-9-16(19)15(12-14)18-17(20)10-11-23-13-6-4-3-5-7-13/h3-9,12,19H,2,10-11H2,1H3,(H,18,20). The Morgan fingerprint density at radius 3 is 2.54 bits per heavy atom. The number of ether oxygens (including phenoxy) is 1. The number of rotatable bonds is 7. The van der Waals surface area contributed by atoms with E-state index in [0.717, 1.165) is 0 Å². The van der Waals surface area contributed by atoms with Crippen LogP contribution in [0, 0.1) is 0 Å². The minimum atomic E-state index is -3.41. The Balaban J connectivity index is 1.97. The van der Waals surface area contributed by atoms with Gasteiger partial charge in [-0.3, -0.25) is 4.79 Å². The predicted molar refractivity (Wildman–Crippen MR) is 91.0 cm³/mol. The molecule has 0 saturated heterocycles. The lowest BCUT2D eigenvalue weighted by atomic mass is 10.3. The van der Waals surface area contributed by atoms with Gasteiger partial charge in [0.15, 0.2) is 9.84 Å². The van der Waals surface area contributed by atoms with E-state index in [9.17, 15) is 18.3 Å². The van der Waals surface area contributed by atoms with Crippen molar-refractivity contribution in [3.63, 3.8) is 0 Å². The molecule has 0 unspecified atom stereocenters. The van der Waals surface area contributed by atoms with Crippen molar-refractivity contribution in [2.24, 2.45) is 0 Å². The molecule has 0 fully saturated rings. The van der Waals surface area contributed by atoms with Crippen LogP contribution in [0.3, 0.4) is 0 Å². The maximum Gasteiger partial charge on any atom is 0.227 e. The Morgan fingerprint density at radius 2 is 1.88 bits per heavy atom. The van der Waals surface area contributed by atoms with Gasteiger partial charge in [-0.05, 0) is 30.3 Å². The van der Waals surface area contributed by atoms with Gasteiger partial charge >= 0.3 is 0 Å². The van der Waals surface area contributed by atoms with Crippen LogP contribution in [0.2, 0.25) is 0 Å². The first-order chi connectivity index (χ1) is 11.4. The quantitative estimate of drug-likeness (QED) is 0.750. The molecule has 6 nitrogen and oxygen atoms in total. The third kappa shape index (κ3) is 4.73. The lowest BCUT2D eigenvalue weighted by Gasteiger charge is -2.10. The van der Waals surface area contributed by atoms with Crippen molar-refractivity contribution in [1.82, 2.24) is 0 Å². The summed E-state index contributed by atoms with van der Waals surface area (Å²) in [4.78, 5) is 12.0. The van der Waals surface area contributed by atoms with E-state index in [1.165, 1.54) is 25.1 Å². The van der Waals surface area contributed by atoms with Gasteiger partial charge in [-0.25, -0.2) is 8.42 Å². The van der Waals surface area contributed by atoms with Crippen LogP contribution in [0.1, 0.15) is 13.3 Å². The molecule has 0 bridgehead atoms. The third-order valence-corrected chi connectivity index (χ3v) is 5.05. The second kappa shape index (κ2) is 7.83. The van der Waals surface area contributed by atoms with Crippen molar-refractivity contribution in [3.8, 4) is 11.5 Å². The summed E-state index contributed by atoms with van der Waals surface area (Å²) < 4.78 is 29.2. The average molecular weight is 349 g/mol. The molecule has 0 spiro atoms. The first kappa shape index (κ1) is 17.8. The van der Waals surface area contributed by atoms with Crippen LogP contribution in [0.25, 0.3) is 0 Å². The van der Waals surface area contributed by atoms with E-state index in [-0.39, 0.29) is 41.0 Å². The minimum Gasteiger partial charge on any atom is -0.506 e. The van der Waals surface area contributed by atoms with Gasteiger partial charge in [0.05, 0.1) is 29.4 Å². The topological polar surface area (TPSA) is 92.7 Å². The van der Waals surface area contributed by atoms with Crippen LogP contribution in [-0.2, 0) is 14.6 Å². The molecule has 7 heteroatoms. The second-order valence-electron chi connectivity index (χ2n) is 5.04. The van der Waals surface area contributed by atoms with Crippen molar-refractivity contribution in [3.05, 3.63) is 48.5 Å². The number of para-hydroxylation sites is 1. The molecule has 128 valence electrons. The molecule has 1 amide bonds. The minimum absolute atomic E-state index is 0.0543. The fourth-order valence-corrected chi connectivity index (χ4v) is 2.87. The first-order valence-electron chi connectivity index (χ1n) is 7.46. The number of carbonyl (C=O) groups excluding carboxylic acids is 1. The average Bonchev–Trinajstić information content (AvgIpc) is 2.57. The zero-order valence-electron chi connectivity index (χ0n) is 13.2. The number of amides is 1. The molecule has 0 atom stereocenters. The van der Waals surface area contributed by atoms with Crippen LogP contribution < -0.4 is 10.1 Å². The number of benzene rings is 2. The van der Waals surface area contributed by atoms with E-state index in [4.69, 9.17) is 4.74 Å². The molecule has 0 aliphatic carbocycles. The van der Waals surface area contributed by atoms with E-state index in [0.29, 0.717) is 5.75 Å². The smallest absolute Gasteiger partial charge is 0.227 e. The Kier molecular flexibility index (Phi) is 5.81. The van der Waals surface area contributed by atoms with Gasteiger partial charge in [0, 0.05) is 0 Å². The molecule has 2 aromatic carbocycles. The van der Waals surface area contributed by atoms with E-state index in [1.54, 1.807) is 12.1 Å². The highest BCUT2D eigenvalue weighted by Crippen LogP contribution is 2.27. The van der Waals surface area contributed by atoms with Gasteiger partial charge in [-0.1, -0.05) is 25.1 Å². The van der Waals surface area contributed by atoms with Gasteiger partial charge in [0.25, 0.3) is 0 Å². The van der Waals surface area contributed by atoms with E-state index < -0.39 is 9.84 Å². The summed E-state index contributed by atoms with van der Waals surface area (Å²) in [6.07, 6.45) is 0.0685. The Labute approximate surface area is 141 Å². The largest absolute Gasteiger partial charge is 0.506 e. The summed E-state index contributed by atoms with van der Waals surface area (Å²) in [5.74, 6) is 0.0228. The van der Waals surface area contributed by atoms with E-state index in [2.05, 4.69) is 5.32 Å². The van der Waals surface area contributed by atoms with Crippen molar-refractivity contribution in [2.75, 3.05) is 17.7 Å². The summed E-state index contributed by atoms with van der Waals surface area (Å²) in [5, 5.41) is 12.3. The number of sulfone groups is 1. The number of phenols is 1. The zero-order valence-corrected chi connectivity index (χ0v) is 14.0. The summed E-state index contributed by atoms with van der Waals surface area (Å²) in [5.41, 5.74) is 0.0641. The number of aromatic hydroxyl groups is 1. The van der Waals surface area contributed by atoms with Gasteiger partial charge in [-0.2, -0.15) is 0 Å². The summed E-state index contributed by atoms with van der Waals surface area (Å²) in [6, 6.07) is 12.9. The zero-order chi connectivity index (χ0) is 17.6. The summed E-state index contributed by atoms with van der Waals surface area (Å²) in [6.45, 7) is 1.70. The van der Waals surface area contributed by atoms with E-state index >= 15 is 0 Å². The fourth-order valence-electron chi connectivity index (χ4n) is 1.97. The van der Waals surface area contributed by atoms with Gasteiger partial charge in [0.1, 0.15) is 11.5 Å². The Morgan fingerprint density at radius 1 is 1.17 bits per heavy atom. The maximum absolute atomic E-state index is 11.9. The van der Waals surface area contributed by atoms with E-state index in [1.807, 2.05) is 18.2 Å². The lowest BCUT2D eigenvalue weighted by Crippen LogP contribution is -2.15. The van der Waals surface area contributed by atoms with Crippen LogP contribution in [-0.4, -0.2) is 31.8 Å². The molecular weight excluding hydrogens is 330 g/mol. The fraction of sp³-hybridized carbons (Fsp3) is 0.235. The Hall–Kier alpha value is -2.54. The molecule has 24 heavy (non-hydrogen) atoms. The Bertz CT molecular complexity index is 803. The van der Waals surface area contributed by atoms with Gasteiger partial charge < -0.3 is 15.2 Å². The van der Waals surface area contributed by atoms with Crippen molar-refractivity contribution in [2.45, 2.75) is 18.2 Å². The monoisotopic (exact) mass is 349 g/mol. The number of nitrogens with one attached hydrogen (secondary N) is 1. The maximum atomic E-state index is 11.9. The summed E-state index contributed by atoms with van der Waals surface area (Å²) in [7, 11) is -3.41. The number of hydrogen-bond donors (Lipinski definition) is 2. The molecule has 0 aliphatic heterocycles. The molecule has 0 radical (unpaired) electrons. The number of hydrogen-bond acceptors (Lipinski definition) is 5. The number of phenolic OH excluding ortho intramolecular Hbond substituents is 1. The summed E-state index contributed by atoms with van der Waals surface area (Å²) >= 11 is 0. The van der Waals surface area contributed by atoms with Gasteiger partial charge in [-0.15, -0.1) is 0 Å². The molecule has 2 N–H and O–H groups in total. The molecule has 0 saturated carbocycles. The van der Waals surface area contributed by atoms with Crippen LogP contribution in [0.4, 0.5) is 5.69 Å². The highest BCUT2D eigenvalue weighted by Gasteiger charge is 2.15. The van der Waals surface area contributed by atoms with Crippen LogP contribution >= 0.6 is 0 Å². The molecule has 0 aliphatic rings. The first-order valence-corrected chi connectivity index (χ1v) is 9.11. The highest BCUT2D eigenvalue weighted by molar-refractivity contribution is 7.91. The normalized spacial score (nSPS) is 11.0. The predicted octanol–water partition coefficient (Wildman–Crippen LogP) is 2.59. The number of carbonyl (C=O) groups is 1. The van der Waals surface area contributed by atoms with Crippen molar-refractivity contribution in [1.29, 1.82) is 0 Å². The molecule has 2 aromatic rings. The highest BCUT2D eigenvalue weighted by atomic mass is 32.2. The van der Waals surface area contributed by atoms with Crippen LogP contribution in [0.5, 0.6) is 11.5 Å². The molecule has 2 rings (SSSR count). The van der Waals surface area contributed by atoms with Gasteiger partial charge in [0.2, 0.25) is 5.91 Å². The third-order valence-electron chi connectivity index (χ3n) is 3.32. The van der Waals surface area contributed by atoms with Crippen molar-refractivity contribution >= 4 is 21.4 Å². The molecule has 0 aromatic heterocycles. The SMILES string of the molecule is CCS(=O)(=O)c1ccc(O)c(NC(=O)CCOc2ccccc2)c1. The molecular formula is C17H19NO5S.